The number of urea groups is 1. The fraction of sp³-hybridized carbons (Fsp3) is 0.478. The van der Waals surface area contributed by atoms with Gasteiger partial charge in [-0.15, -0.1) is 0 Å². The normalized spacial score (nSPS) is 10.8. The molecule has 0 aliphatic rings. The van der Waals surface area contributed by atoms with Crippen LogP contribution in [0.15, 0.2) is 42.6 Å². The van der Waals surface area contributed by atoms with E-state index in [1.165, 1.54) is 29.2 Å². The maximum atomic E-state index is 13.2. The van der Waals surface area contributed by atoms with Gasteiger partial charge in [0.15, 0.2) is 0 Å². The van der Waals surface area contributed by atoms with Crippen LogP contribution in [0.25, 0.3) is 0 Å². The topological polar surface area (TPSA) is 101 Å². The van der Waals surface area contributed by atoms with Crippen LogP contribution in [0.4, 0.5) is 16.2 Å². The third-order valence-electron chi connectivity index (χ3n) is 5.07. The minimum absolute atomic E-state index is 0.0366. The number of carbonyl (C=O) groups excluding carboxylic acids is 2. The third kappa shape index (κ3) is 7.40. The molecule has 2 aromatic rings. The molecule has 174 valence electrons. The fourth-order valence-corrected chi connectivity index (χ4v) is 3.29. The number of aryl methyl sites for hydroxylation is 1. The number of hydrogen-bond acceptors (Lipinski definition) is 4. The number of carbonyl (C=O) groups is 2. The monoisotopic (exact) mass is 443 g/mol. The number of unbranched alkanes of at least 4 members (excludes halogenated alkanes) is 1. The number of aromatic nitrogens is 1. The van der Waals surface area contributed by atoms with Crippen molar-refractivity contribution in [2.24, 2.45) is 13.0 Å². The molecule has 3 amide bonds. The molecule has 1 aromatic heterocycles. The molecule has 1 heterocycles. The molecule has 2 rings (SSSR count). The lowest BCUT2D eigenvalue weighted by molar-refractivity contribution is -0.384. The average molecular weight is 444 g/mol. The van der Waals surface area contributed by atoms with Gasteiger partial charge >= 0.3 is 6.03 Å². The standard InChI is InChI=1S/C23H33N5O4/c1-5-6-14-26(16-21-8-7-13-25(21)4)22(29)17-27(15-18(2)3)23(30)24-19-9-11-20(12-10-19)28(31)32/h7-13,18H,5-6,14-17H2,1-4H3,(H,24,30). The maximum Gasteiger partial charge on any atom is 0.322 e. The number of nitro benzene ring substituents is 1. The Bertz CT molecular complexity index is 907. The molecular formula is C23H33N5O4. The molecule has 9 nitrogen and oxygen atoms in total. The highest BCUT2D eigenvalue weighted by Gasteiger charge is 2.23. The zero-order valence-electron chi connectivity index (χ0n) is 19.3. The highest BCUT2D eigenvalue weighted by atomic mass is 16.6. The number of benzene rings is 1. The van der Waals surface area contributed by atoms with Crippen molar-refractivity contribution in [3.8, 4) is 0 Å². The number of non-ortho nitro benzene ring substituents is 1. The molecular weight excluding hydrogens is 410 g/mol. The first-order valence-corrected chi connectivity index (χ1v) is 10.9. The summed E-state index contributed by atoms with van der Waals surface area (Å²) in [7, 11) is 1.94. The van der Waals surface area contributed by atoms with E-state index >= 15 is 0 Å². The number of rotatable bonds is 11. The van der Waals surface area contributed by atoms with Gasteiger partial charge in [0, 0.05) is 49.8 Å². The van der Waals surface area contributed by atoms with E-state index in [1.54, 1.807) is 4.90 Å². The summed E-state index contributed by atoms with van der Waals surface area (Å²) in [4.78, 5) is 39.7. The van der Waals surface area contributed by atoms with Gasteiger partial charge in [0.05, 0.1) is 11.5 Å². The summed E-state index contributed by atoms with van der Waals surface area (Å²) in [5.41, 5.74) is 1.41. The second kappa shape index (κ2) is 11.9. The molecule has 0 aliphatic heterocycles. The van der Waals surface area contributed by atoms with Crippen LogP contribution in [0, 0.1) is 16.0 Å². The van der Waals surface area contributed by atoms with Crippen molar-refractivity contribution in [1.29, 1.82) is 0 Å². The summed E-state index contributed by atoms with van der Waals surface area (Å²) in [6.07, 6.45) is 3.79. The van der Waals surface area contributed by atoms with E-state index < -0.39 is 11.0 Å². The minimum Gasteiger partial charge on any atom is -0.353 e. The number of nitrogens with one attached hydrogen (secondary N) is 1. The van der Waals surface area contributed by atoms with Gasteiger partial charge in [0.25, 0.3) is 5.69 Å². The van der Waals surface area contributed by atoms with Gasteiger partial charge in [-0.3, -0.25) is 14.9 Å². The Morgan fingerprint density at radius 2 is 1.84 bits per heavy atom. The third-order valence-corrected chi connectivity index (χ3v) is 5.07. The molecule has 0 radical (unpaired) electrons. The van der Waals surface area contributed by atoms with Gasteiger partial charge < -0.3 is 19.7 Å². The summed E-state index contributed by atoms with van der Waals surface area (Å²) < 4.78 is 1.99. The average Bonchev–Trinajstić information content (AvgIpc) is 3.14. The first kappa shape index (κ1) is 24.9. The van der Waals surface area contributed by atoms with Crippen LogP contribution in [0.5, 0.6) is 0 Å². The first-order valence-electron chi connectivity index (χ1n) is 10.9. The minimum atomic E-state index is -0.493. The van der Waals surface area contributed by atoms with Crippen LogP contribution >= 0.6 is 0 Å². The van der Waals surface area contributed by atoms with Gasteiger partial charge in [-0.25, -0.2) is 4.79 Å². The molecule has 0 unspecified atom stereocenters. The highest BCUT2D eigenvalue weighted by Crippen LogP contribution is 2.16. The number of hydrogen-bond donors (Lipinski definition) is 1. The Morgan fingerprint density at radius 1 is 1.16 bits per heavy atom. The molecule has 0 saturated heterocycles. The molecule has 1 N–H and O–H groups in total. The number of nitrogens with zero attached hydrogens (tertiary/aromatic N) is 4. The Kier molecular flexibility index (Phi) is 9.24. The number of nitro groups is 1. The van der Waals surface area contributed by atoms with Gasteiger partial charge in [-0.05, 0) is 36.6 Å². The van der Waals surface area contributed by atoms with Crippen molar-refractivity contribution in [2.75, 3.05) is 25.0 Å². The van der Waals surface area contributed by atoms with Crippen molar-refractivity contribution < 1.29 is 14.5 Å². The van der Waals surface area contributed by atoms with Crippen molar-refractivity contribution in [3.05, 3.63) is 58.4 Å². The van der Waals surface area contributed by atoms with Crippen LogP contribution in [-0.4, -0.2) is 50.9 Å². The van der Waals surface area contributed by atoms with E-state index in [1.807, 2.05) is 43.8 Å². The molecule has 0 aliphatic carbocycles. The summed E-state index contributed by atoms with van der Waals surface area (Å²) in [5, 5.41) is 13.6. The van der Waals surface area contributed by atoms with Crippen LogP contribution in [0.2, 0.25) is 0 Å². The van der Waals surface area contributed by atoms with E-state index in [2.05, 4.69) is 12.2 Å². The van der Waals surface area contributed by atoms with Crippen LogP contribution < -0.4 is 5.32 Å². The molecule has 32 heavy (non-hydrogen) atoms. The Labute approximate surface area is 189 Å². The van der Waals surface area contributed by atoms with Gasteiger partial charge in [0.1, 0.15) is 6.54 Å². The molecule has 0 bridgehead atoms. The Morgan fingerprint density at radius 3 is 2.38 bits per heavy atom. The van der Waals surface area contributed by atoms with Gasteiger partial charge in [0.2, 0.25) is 5.91 Å². The quantitative estimate of drug-likeness (QED) is 0.414. The van der Waals surface area contributed by atoms with Crippen LogP contribution in [0.3, 0.4) is 0 Å². The number of amides is 3. The largest absolute Gasteiger partial charge is 0.353 e. The summed E-state index contributed by atoms with van der Waals surface area (Å²) in [6.45, 7) is 7.53. The summed E-state index contributed by atoms with van der Waals surface area (Å²) in [6, 6.07) is 9.15. The second-order valence-electron chi connectivity index (χ2n) is 8.29. The zero-order chi connectivity index (χ0) is 23.7. The SMILES string of the molecule is CCCCN(Cc1cccn1C)C(=O)CN(CC(C)C)C(=O)Nc1ccc([N+](=O)[O-])cc1. The number of anilines is 1. The predicted octanol–water partition coefficient (Wildman–Crippen LogP) is 4.25. The summed E-state index contributed by atoms with van der Waals surface area (Å²) in [5.74, 6) is 0.0570. The van der Waals surface area contributed by atoms with Gasteiger partial charge in [-0.2, -0.15) is 0 Å². The van der Waals surface area contributed by atoms with Crippen molar-refractivity contribution in [3.63, 3.8) is 0 Å². The smallest absolute Gasteiger partial charge is 0.322 e. The highest BCUT2D eigenvalue weighted by molar-refractivity contribution is 5.92. The van der Waals surface area contributed by atoms with E-state index in [9.17, 15) is 19.7 Å². The summed E-state index contributed by atoms with van der Waals surface area (Å²) >= 11 is 0. The predicted molar refractivity (Wildman–Crippen MR) is 124 cm³/mol. The van der Waals surface area contributed by atoms with E-state index in [0.717, 1.165) is 18.5 Å². The van der Waals surface area contributed by atoms with Crippen molar-refractivity contribution in [1.82, 2.24) is 14.4 Å². The molecule has 1 aromatic carbocycles. The molecule has 0 atom stereocenters. The van der Waals surface area contributed by atoms with Crippen LogP contribution in [-0.2, 0) is 18.4 Å². The van der Waals surface area contributed by atoms with Gasteiger partial charge in [-0.1, -0.05) is 27.2 Å². The second-order valence-corrected chi connectivity index (χ2v) is 8.29. The molecule has 9 heteroatoms. The Hall–Kier alpha value is -3.36. The lowest BCUT2D eigenvalue weighted by atomic mass is 10.2. The van der Waals surface area contributed by atoms with Crippen molar-refractivity contribution in [2.45, 2.75) is 40.2 Å². The van der Waals surface area contributed by atoms with E-state index in [-0.39, 0.29) is 24.1 Å². The zero-order valence-corrected chi connectivity index (χ0v) is 19.3. The Balaban J connectivity index is 2.11. The maximum absolute atomic E-state index is 13.2. The van der Waals surface area contributed by atoms with Crippen LogP contribution in [0.1, 0.15) is 39.3 Å². The molecule has 0 fully saturated rings. The lowest BCUT2D eigenvalue weighted by Crippen LogP contribution is -2.46. The van der Waals surface area contributed by atoms with E-state index in [0.29, 0.717) is 25.3 Å². The van der Waals surface area contributed by atoms with Crippen molar-refractivity contribution >= 4 is 23.3 Å². The van der Waals surface area contributed by atoms with E-state index in [4.69, 9.17) is 0 Å². The first-order chi connectivity index (χ1) is 15.2. The fourth-order valence-electron chi connectivity index (χ4n) is 3.29. The lowest BCUT2D eigenvalue weighted by Gasteiger charge is -2.29. The molecule has 0 saturated carbocycles. The molecule has 0 spiro atoms.